The van der Waals surface area contributed by atoms with Gasteiger partial charge in [-0.3, -0.25) is 4.79 Å². The third-order valence-electron chi connectivity index (χ3n) is 2.53. The molecule has 1 unspecified atom stereocenters. The van der Waals surface area contributed by atoms with E-state index >= 15 is 0 Å². The van der Waals surface area contributed by atoms with Gasteiger partial charge in [0.25, 0.3) is 0 Å². The first-order chi connectivity index (χ1) is 8.18. The molecule has 1 rings (SSSR count). The van der Waals surface area contributed by atoms with Crippen molar-refractivity contribution in [1.29, 1.82) is 0 Å². The summed E-state index contributed by atoms with van der Waals surface area (Å²) in [7, 11) is -2.97. The van der Waals surface area contributed by atoms with Crippen LogP contribution in [0, 0.1) is 5.92 Å². The monoisotopic (exact) mass is 288 g/mol. The van der Waals surface area contributed by atoms with Crippen LogP contribution in [0.15, 0.2) is 0 Å². The Labute approximate surface area is 103 Å². The van der Waals surface area contributed by atoms with E-state index in [0.29, 0.717) is 13.0 Å². The molecular weight excluding hydrogens is 273 g/mol. The fourth-order valence-electron chi connectivity index (χ4n) is 1.68. The fourth-order valence-corrected chi connectivity index (χ4v) is 3.55. The Morgan fingerprint density at radius 2 is 2.00 bits per heavy atom. The number of alkyl halides is 3. The van der Waals surface area contributed by atoms with Crippen molar-refractivity contribution in [3.63, 3.8) is 0 Å². The van der Waals surface area contributed by atoms with Gasteiger partial charge in [0.1, 0.15) is 6.54 Å². The second-order valence-corrected chi connectivity index (χ2v) is 6.52. The van der Waals surface area contributed by atoms with Crippen molar-refractivity contribution in [2.45, 2.75) is 12.6 Å². The van der Waals surface area contributed by atoms with E-state index in [1.54, 1.807) is 5.32 Å². The Balaban J connectivity index is 2.13. The molecule has 0 aromatic rings. The van der Waals surface area contributed by atoms with Gasteiger partial charge >= 0.3 is 6.18 Å². The molecule has 18 heavy (non-hydrogen) atoms. The summed E-state index contributed by atoms with van der Waals surface area (Å²) in [4.78, 5) is 11.0. The first-order valence-electron chi connectivity index (χ1n) is 5.42. The number of rotatable bonds is 5. The number of sulfone groups is 1. The molecule has 1 heterocycles. The SMILES string of the molecule is O=C(CNCC1CCS(=O)(=O)C1)NCC(F)(F)F. The highest BCUT2D eigenvalue weighted by Gasteiger charge is 2.28. The molecule has 1 saturated heterocycles. The molecule has 0 spiro atoms. The van der Waals surface area contributed by atoms with E-state index in [1.165, 1.54) is 0 Å². The minimum absolute atomic E-state index is 0.0644. The number of carbonyl (C=O) groups excluding carboxylic acids is 1. The highest BCUT2D eigenvalue weighted by Crippen LogP contribution is 2.17. The van der Waals surface area contributed by atoms with E-state index < -0.39 is 28.5 Å². The molecule has 2 N–H and O–H groups in total. The molecule has 1 amide bonds. The van der Waals surface area contributed by atoms with Crippen LogP contribution < -0.4 is 10.6 Å². The summed E-state index contributed by atoms with van der Waals surface area (Å²) in [6, 6.07) is 0. The number of amides is 1. The molecule has 0 aromatic heterocycles. The van der Waals surface area contributed by atoms with Crippen molar-refractivity contribution in [2.24, 2.45) is 5.92 Å². The summed E-state index contributed by atoms with van der Waals surface area (Å²) >= 11 is 0. The maximum absolute atomic E-state index is 11.8. The van der Waals surface area contributed by atoms with Crippen molar-refractivity contribution in [3.05, 3.63) is 0 Å². The lowest BCUT2D eigenvalue weighted by atomic mass is 10.1. The Kier molecular flexibility index (Phi) is 4.97. The third-order valence-corrected chi connectivity index (χ3v) is 4.37. The predicted molar refractivity (Wildman–Crippen MR) is 58.7 cm³/mol. The molecule has 0 bridgehead atoms. The van der Waals surface area contributed by atoms with Crippen LogP contribution >= 0.6 is 0 Å². The molecule has 1 fully saturated rings. The summed E-state index contributed by atoms with van der Waals surface area (Å²) < 4.78 is 57.5. The summed E-state index contributed by atoms with van der Waals surface area (Å²) in [6.07, 6.45) is -3.89. The molecule has 0 radical (unpaired) electrons. The normalized spacial score (nSPS) is 22.9. The van der Waals surface area contributed by atoms with Crippen molar-refractivity contribution in [3.8, 4) is 0 Å². The fraction of sp³-hybridized carbons (Fsp3) is 0.889. The Morgan fingerprint density at radius 3 is 2.50 bits per heavy atom. The second-order valence-electron chi connectivity index (χ2n) is 4.29. The van der Waals surface area contributed by atoms with Gasteiger partial charge in [-0.05, 0) is 18.9 Å². The lowest BCUT2D eigenvalue weighted by Gasteiger charge is -2.11. The van der Waals surface area contributed by atoms with Crippen LogP contribution in [0.4, 0.5) is 13.2 Å². The minimum atomic E-state index is -4.42. The van der Waals surface area contributed by atoms with E-state index in [0.717, 1.165) is 0 Å². The van der Waals surface area contributed by atoms with Gasteiger partial charge in [0, 0.05) is 0 Å². The highest BCUT2D eigenvalue weighted by atomic mass is 32.2. The van der Waals surface area contributed by atoms with Gasteiger partial charge in [-0.2, -0.15) is 13.2 Å². The van der Waals surface area contributed by atoms with Crippen LogP contribution in [-0.2, 0) is 14.6 Å². The Bertz CT molecular complexity index is 394. The van der Waals surface area contributed by atoms with Crippen molar-refractivity contribution < 1.29 is 26.4 Å². The molecule has 1 atom stereocenters. The van der Waals surface area contributed by atoms with E-state index in [-0.39, 0.29) is 24.0 Å². The molecule has 1 aliphatic heterocycles. The molecule has 5 nitrogen and oxygen atoms in total. The number of hydrogen-bond donors (Lipinski definition) is 2. The molecule has 1 aliphatic rings. The van der Waals surface area contributed by atoms with Gasteiger partial charge in [-0.25, -0.2) is 8.42 Å². The van der Waals surface area contributed by atoms with Gasteiger partial charge in [0.15, 0.2) is 9.84 Å². The number of halogens is 3. The zero-order valence-corrected chi connectivity index (χ0v) is 10.4. The molecule has 0 aromatic carbocycles. The van der Waals surface area contributed by atoms with Crippen LogP contribution in [0.3, 0.4) is 0 Å². The quantitative estimate of drug-likeness (QED) is 0.727. The van der Waals surface area contributed by atoms with E-state index in [4.69, 9.17) is 0 Å². The number of hydrogen-bond acceptors (Lipinski definition) is 4. The van der Waals surface area contributed by atoms with Crippen molar-refractivity contribution >= 4 is 15.7 Å². The minimum Gasteiger partial charge on any atom is -0.346 e. The maximum atomic E-state index is 11.8. The average Bonchev–Trinajstić information content (AvgIpc) is 2.54. The van der Waals surface area contributed by atoms with E-state index in [9.17, 15) is 26.4 Å². The Morgan fingerprint density at radius 1 is 1.33 bits per heavy atom. The molecule has 9 heteroatoms. The first-order valence-corrected chi connectivity index (χ1v) is 7.25. The summed E-state index contributed by atoms with van der Waals surface area (Å²) in [5, 5.41) is 4.38. The van der Waals surface area contributed by atoms with Crippen LogP contribution in [0.1, 0.15) is 6.42 Å². The van der Waals surface area contributed by atoms with Gasteiger partial charge < -0.3 is 10.6 Å². The maximum Gasteiger partial charge on any atom is 0.405 e. The van der Waals surface area contributed by atoms with Crippen LogP contribution in [0.25, 0.3) is 0 Å². The van der Waals surface area contributed by atoms with Crippen LogP contribution in [0.2, 0.25) is 0 Å². The summed E-state index contributed by atoms with van der Waals surface area (Å²) in [5.74, 6) is -0.609. The van der Waals surface area contributed by atoms with Crippen molar-refractivity contribution in [1.82, 2.24) is 10.6 Å². The first kappa shape index (κ1) is 15.2. The molecule has 0 aliphatic carbocycles. The van der Waals surface area contributed by atoms with Gasteiger partial charge in [-0.15, -0.1) is 0 Å². The lowest BCUT2D eigenvalue weighted by Crippen LogP contribution is -2.40. The molecule has 0 saturated carbocycles. The largest absolute Gasteiger partial charge is 0.405 e. The van der Waals surface area contributed by atoms with Gasteiger partial charge in [-0.1, -0.05) is 0 Å². The molecule has 106 valence electrons. The topological polar surface area (TPSA) is 75.3 Å². The average molecular weight is 288 g/mol. The smallest absolute Gasteiger partial charge is 0.346 e. The zero-order valence-electron chi connectivity index (χ0n) is 9.59. The van der Waals surface area contributed by atoms with Crippen LogP contribution in [-0.4, -0.2) is 51.6 Å². The Hall–Kier alpha value is -0.830. The van der Waals surface area contributed by atoms with E-state index in [1.807, 2.05) is 0 Å². The second kappa shape index (κ2) is 5.87. The van der Waals surface area contributed by atoms with Gasteiger partial charge in [0.2, 0.25) is 5.91 Å². The zero-order chi connectivity index (χ0) is 13.8. The number of carbonyl (C=O) groups is 1. The highest BCUT2D eigenvalue weighted by molar-refractivity contribution is 7.91. The standard InChI is InChI=1S/C9H15F3N2O3S/c10-9(11,12)6-14-8(15)4-13-3-7-1-2-18(16,17)5-7/h7,13H,1-6H2,(H,14,15). The molecular formula is C9H15F3N2O3S. The number of nitrogens with one attached hydrogen (secondary N) is 2. The predicted octanol–water partition coefficient (Wildman–Crippen LogP) is -0.311. The summed E-state index contributed by atoms with van der Waals surface area (Å²) in [6.45, 7) is -1.28. The lowest BCUT2D eigenvalue weighted by molar-refractivity contribution is -0.137. The third kappa shape index (κ3) is 6.20. The van der Waals surface area contributed by atoms with Gasteiger partial charge in [0.05, 0.1) is 18.1 Å². The van der Waals surface area contributed by atoms with Crippen LogP contribution in [0.5, 0.6) is 0 Å². The van der Waals surface area contributed by atoms with E-state index in [2.05, 4.69) is 5.32 Å². The van der Waals surface area contributed by atoms with Crippen molar-refractivity contribution in [2.75, 3.05) is 31.1 Å². The summed E-state index contributed by atoms with van der Waals surface area (Å²) in [5.41, 5.74) is 0.